The molecule has 0 saturated carbocycles. The number of Topliss-reactive ketones (excluding diaryl/α,β-unsaturated/α-hetero) is 2. The van der Waals surface area contributed by atoms with E-state index in [9.17, 15) is 14.7 Å². The molecule has 0 aliphatic heterocycles. The average Bonchev–Trinajstić information content (AvgIpc) is 3.03. The van der Waals surface area contributed by atoms with Gasteiger partial charge in [0.1, 0.15) is 16.6 Å². The van der Waals surface area contributed by atoms with E-state index >= 15 is 0 Å². The van der Waals surface area contributed by atoms with Crippen molar-refractivity contribution in [2.45, 2.75) is 39.0 Å². The molecule has 0 radical (unpaired) electrons. The third-order valence-electron chi connectivity index (χ3n) is 4.22. The zero-order valence-electron chi connectivity index (χ0n) is 14.6. The van der Waals surface area contributed by atoms with Gasteiger partial charge in [-0.2, -0.15) is 0 Å². The Morgan fingerprint density at radius 2 is 2.19 bits per heavy atom. The largest absolute Gasteiger partial charge is 0.507 e. The maximum absolute atomic E-state index is 12.8. The predicted molar refractivity (Wildman–Crippen MR) is 101 cm³/mol. The highest BCUT2D eigenvalue weighted by Crippen LogP contribution is 2.33. The fourth-order valence-electron chi connectivity index (χ4n) is 2.89. The van der Waals surface area contributed by atoms with Crippen LogP contribution in [0.3, 0.4) is 0 Å². The number of aryl methyl sites for hydroxylation is 2. The van der Waals surface area contributed by atoms with Gasteiger partial charge in [-0.15, -0.1) is 17.9 Å². The highest BCUT2D eigenvalue weighted by atomic mass is 32.1. The minimum absolute atomic E-state index is 0.0183. The van der Waals surface area contributed by atoms with E-state index in [1.54, 1.807) is 12.3 Å². The monoisotopic (exact) mass is 368 g/mol. The van der Waals surface area contributed by atoms with E-state index in [0.717, 1.165) is 24.2 Å². The summed E-state index contributed by atoms with van der Waals surface area (Å²) in [7, 11) is 0. The molecule has 2 aromatic heterocycles. The number of thiazole rings is 1. The van der Waals surface area contributed by atoms with E-state index in [0.29, 0.717) is 33.9 Å². The van der Waals surface area contributed by atoms with E-state index in [1.165, 1.54) is 18.3 Å². The van der Waals surface area contributed by atoms with Crippen molar-refractivity contribution in [3.05, 3.63) is 63.4 Å². The van der Waals surface area contributed by atoms with Gasteiger partial charge in [0.25, 0.3) is 0 Å². The third-order valence-corrected chi connectivity index (χ3v) is 5.32. The lowest BCUT2D eigenvalue weighted by Gasteiger charge is -2.14. The number of ketones is 2. The Bertz CT molecular complexity index is 894. The van der Waals surface area contributed by atoms with Crippen molar-refractivity contribution >= 4 is 28.7 Å². The van der Waals surface area contributed by atoms with Gasteiger partial charge in [-0.3, -0.25) is 14.6 Å². The van der Waals surface area contributed by atoms with Crippen LogP contribution in [0.2, 0.25) is 0 Å². The number of aliphatic hydroxyl groups is 1. The minimum atomic E-state index is -0.202. The summed E-state index contributed by atoms with van der Waals surface area (Å²) >= 11 is 1.25. The molecule has 134 valence electrons. The number of pyridine rings is 1. The molecule has 0 saturated heterocycles. The van der Waals surface area contributed by atoms with Gasteiger partial charge in [-0.1, -0.05) is 6.08 Å². The van der Waals surface area contributed by atoms with E-state index in [4.69, 9.17) is 0 Å². The molecule has 0 bridgehead atoms. The number of allylic oxidation sites excluding steroid dienone is 2. The lowest BCUT2D eigenvalue weighted by molar-refractivity contribution is -0.116. The highest BCUT2D eigenvalue weighted by molar-refractivity contribution is 7.14. The zero-order chi connectivity index (χ0) is 18.7. The van der Waals surface area contributed by atoms with Gasteiger partial charge in [0.05, 0.1) is 17.0 Å². The summed E-state index contributed by atoms with van der Waals surface area (Å²) in [6.07, 6.45) is 6.32. The molecule has 2 aromatic rings. The fraction of sp³-hybridized carbons (Fsp3) is 0.300. The van der Waals surface area contributed by atoms with Crippen molar-refractivity contribution in [1.82, 2.24) is 9.97 Å². The molecule has 1 aliphatic carbocycles. The Morgan fingerprint density at radius 1 is 1.38 bits per heavy atom. The van der Waals surface area contributed by atoms with Crippen LogP contribution in [0.1, 0.15) is 51.4 Å². The number of hydrogen-bond donors (Lipinski definition) is 1. The number of carbonyl (C=O) groups is 2. The van der Waals surface area contributed by atoms with Gasteiger partial charge in [-0.05, 0) is 44.7 Å². The molecule has 3 rings (SSSR count). The first-order valence-electron chi connectivity index (χ1n) is 8.50. The molecule has 6 heteroatoms. The van der Waals surface area contributed by atoms with Gasteiger partial charge >= 0.3 is 0 Å². The molecule has 26 heavy (non-hydrogen) atoms. The second-order valence-corrected chi connectivity index (χ2v) is 7.37. The lowest BCUT2D eigenvalue weighted by Crippen LogP contribution is -2.14. The summed E-state index contributed by atoms with van der Waals surface area (Å²) in [6, 6.07) is 3.64. The number of hydrogen-bond acceptors (Lipinski definition) is 6. The van der Waals surface area contributed by atoms with Gasteiger partial charge in [0.2, 0.25) is 5.78 Å². The van der Waals surface area contributed by atoms with Gasteiger partial charge < -0.3 is 5.11 Å². The maximum atomic E-state index is 12.8. The predicted octanol–water partition coefficient (Wildman–Crippen LogP) is 3.89. The molecular weight excluding hydrogens is 348 g/mol. The van der Waals surface area contributed by atoms with E-state index < -0.39 is 0 Å². The molecule has 5 nitrogen and oxygen atoms in total. The highest BCUT2D eigenvalue weighted by Gasteiger charge is 2.29. The van der Waals surface area contributed by atoms with Crippen molar-refractivity contribution in [2.24, 2.45) is 0 Å². The first-order valence-corrected chi connectivity index (χ1v) is 9.32. The number of aliphatic hydroxyl groups excluding tert-OH is 1. The molecule has 0 fully saturated rings. The normalized spacial score (nSPS) is 15.5. The fourth-order valence-corrected chi connectivity index (χ4v) is 4.04. The van der Waals surface area contributed by atoms with Crippen LogP contribution in [0, 0.1) is 0 Å². The van der Waals surface area contributed by atoms with Crippen molar-refractivity contribution in [1.29, 1.82) is 0 Å². The first-order chi connectivity index (χ1) is 12.5. The molecule has 0 spiro atoms. The molecule has 0 unspecified atom stereocenters. The molecule has 1 N–H and O–H groups in total. The standard InChI is InChI=1S/C20H20N2O3S/c1-3-4-5-14-7-6-13(11-21-14)18(24)15-8-9-16-20(19(15)25)26-17(22-16)10-12(2)23/h3,6-7,11,24H,1,4-5,8-10H2,2H3/b18-15-. The van der Waals surface area contributed by atoms with Crippen LogP contribution in [0.25, 0.3) is 5.76 Å². The second kappa shape index (κ2) is 7.74. The van der Waals surface area contributed by atoms with Crippen LogP contribution in [-0.4, -0.2) is 26.6 Å². The summed E-state index contributed by atoms with van der Waals surface area (Å²) < 4.78 is 0. The Balaban J connectivity index is 1.86. The van der Waals surface area contributed by atoms with Crippen LogP contribution >= 0.6 is 11.3 Å². The number of nitrogens with zero attached hydrogens (tertiary/aromatic N) is 2. The molecule has 1 aliphatic rings. The number of aromatic nitrogens is 2. The molecule has 0 aromatic carbocycles. The molecule has 0 amide bonds. The summed E-state index contributed by atoms with van der Waals surface area (Å²) in [5, 5.41) is 11.3. The van der Waals surface area contributed by atoms with E-state index in [2.05, 4.69) is 16.5 Å². The topological polar surface area (TPSA) is 80.2 Å². The van der Waals surface area contributed by atoms with Gasteiger partial charge in [0, 0.05) is 23.0 Å². The van der Waals surface area contributed by atoms with Gasteiger partial charge in [0.15, 0.2) is 0 Å². The molecular formula is C20H20N2O3S. The number of rotatable bonds is 6. The lowest BCUT2D eigenvalue weighted by atomic mass is 9.93. The maximum Gasteiger partial charge on any atom is 0.204 e. The van der Waals surface area contributed by atoms with Crippen molar-refractivity contribution < 1.29 is 14.7 Å². The van der Waals surface area contributed by atoms with Gasteiger partial charge in [-0.25, -0.2) is 4.98 Å². The molecule has 0 atom stereocenters. The summed E-state index contributed by atoms with van der Waals surface area (Å²) in [5.74, 6) is -0.207. The van der Waals surface area contributed by atoms with Crippen LogP contribution < -0.4 is 0 Å². The summed E-state index contributed by atoms with van der Waals surface area (Å²) in [6.45, 7) is 5.20. The molecule has 2 heterocycles. The van der Waals surface area contributed by atoms with E-state index in [-0.39, 0.29) is 23.7 Å². The first kappa shape index (κ1) is 18.2. The van der Waals surface area contributed by atoms with E-state index in [1.807, 2.05) is 12.1 Å². The van der Waals surface area contributed by atoms with Crippen LogP contribution in [0.4, 0.5) is 0 Å². The second-order valence-electron chi connectivity index (χ2n) is 6.28. The number of fused-ring (bicyclic) bond motifs is 1. The van der Waals surface area contributed by atoms with Crippen molar-refractivity contribution in [3.63, 3.8) is 0 Å². The SMILES string of the molecule is C=CCCc1ccc(/C(O)=C2\CCc3nc(CC(C)=O)sc3C2=O)cn1. The van der Waals surface area contributed by atoms with Crippen LogP contribution in [-0.2, 0) is 24.1 Å². The zero-order valence-corrected chi connectivity index (χ0v) is 15.4. The summed E-state index contributed by atoms with van der Waals surface area (Å²) in [4.78, 5) is 33.3. The van der Waals surface area contributed by atoms with Crippen molar-refractivity contribution in [2.75, 3.05) is 0 Å². The minimum Gasteiger partial charge on any atom is -0.507 e. The Kier molecular flexibility index (Phi) is 5.42. The Labute approximate surface area is 156 Å². The Hall–Kier alpha value is -2.60. The van der Waals surface area contributed by atoms with Crippen LogP contribution in [0.5, 0.6) is 0 Å². The van der Waals surface area contributed by atoms with Crippen molar-refractivity contribution in [3.8, 4) is 0 Å². The summed E-state index contributed by atoms with van der Waals surface area (Å²) in [5.41, 5.74) is 2.56. The average molecular weight is 368 g/mol. The smallest absolute Gasteiger partial charge is 0.204 e. The van der Waals surface area contributed by atoms with Crippen LogP contribution in [0.15, 0.2) is 36.6 Å². The number of carbonyl (C=O) groups excluding carboxylic acids is 2. The Morgan fingerprint density at radius 3 is 2.85 bits per heavy atom. The third kappa shape index (κ3) is 3.80. The quantitative estimate of drug-likeness (QED) is 0.475.